The number of carboxylic acids is 1. The van der Waals surface area contributed by atoms with Gasteiger partial charge in [0.1, 0.15) is 0 Å². The number of pyridine rings is 1. The first-order valence-corrected chi connectivity index (χ1v) is 4.45. The highest BCUT2D eigenvalue weighted by molar-refractivity contribution is 6.33. The van der Waals surface area contributed by atoms with E-state index in [1.54, 1.807) is 18.5 Å². The molecule has 6 heteroatoms. The highest BCUT2D eigenvalue weighted by Crippen LogP contribution is 2.16. The van der Waals surface area contributed by atoms with E-state index in [2.05, 4.69) is 10.1 Å². The van der Waals surface area contributed by atoms with Gasteiger partial charge in [0.05, 0.1) is 10.6 Å². The van der Waals surface area contributed by atoms with Crippen LogP contribution < -0.4 is 0 Å². The molecule has 0 amide bonds. The van der Waals surface area contributed by atoms with Crippen LogP contribution in [0.3, 0.4) is 0 Å². The fourth-order valence-electron chi connectivity index (χ4n) is 1.12. The maximum Gasteiger partial charge on any atom is 0.337 e. The lowest BCUT2D eigenvalue weighted by atomic mass is 10.2. The molecule has 0 bridgehead atoms. The Morgan fingerprint density at radius 2 is 2.33 bits per heavy atom. The van der Waals surface area contributed by atoms with Gasteiger partial charge in [-0.2, -0.15) is 5.10 Å². The molecule has 2 aromatic rings. The number of hydrogen-bond acceptors (Lipinski definition) is 3. The van der Waals surface area contributed by atoms with Crippen molar-refractivity contribution >= 4 is 17.6 Å². The van der Waals surface area contributed by atoms with Crippen LogP contribution in [0, 0.1) is 0 Å². The second-order valence-electron chi connectivity index (χ2n) is 2.78. The van der Waals surface area contributed by atoms with Crippen molar-refractivity contribution in [1.82, 2.24) is 14.8 Å². The summed E-state index contributed by atoms with van der Waals surface area (Å²) in [4.78, 5) is 14.8. The standard InChI is InChI=1S/C9H6ClN3O2/c10-7-5-11-8(4-6(7)9(14)15)13-3-1-2-12-13/h1-5H,(H,14,15). The van der Waals surface area contributed by atoms with E-state index in [1.807, 2.05) is 0 Å². The second kappa shape index (κ2) is 3.70. The molecule has 0 aliphatic heterocycles. The molecule has 1 N–H and O–H groups in total. The van der Waals surface area contributed by atoms with E-state index in [0.717, 1.165) is 0 Å². The molecule has 0 aliphatic rings. The molecule has 0 unspecified atom stereocenters. The van der Waals surface area contributed by atoms with Gasteiger partial charge >= 0.3 is 5.97 Å². The molecule has 0 fully saturated rings. The Balaban J connectivity index is 2.52. The number of halogens is 1. The van der Waals surface area contributed by atoms with Crippen LogP contribution in [0.4, 0.5) is 0 Å². The first kappa shape index (κ1) is 9.67. The monoisotopic (exact) mass is 223 g/mol. The lowest BCUT2D eigenvalue weighted by Gasteiger charge is -2.02. The third kappa shape index (κ3) is 1.82. The Kier molecular flexibility index (Phi) is 2.39. The van der Waals surface area contributed by atoms with Crippen molar-refractivity contribution in [3.05, 3.63) is 41.3 Å². The van der Waals surface area contributed by atoms with Crippen molar-refractivity contribution in [2.45, 2.75) is 0 Å². The highest BCUT2D eigenvalue weighted by Gasteiger charge is 2.11. The van der Waals surface area contributed by atoms with Gasteiger partial charge in [0.15, 0.2) is 5.82 Å². The summed E-state index contributed by atoms with van der Waals surface area (Å²) in [6, 6.07) is 3.09. The Labute approximate surface area is 89.9 Å². The SMILES string of the molecule is O=C(O)c1cc(-n2cccn2)ncc1Cl. The fourth-order valence-corrected chi connectivity index (χ4v) is 1.31. The van der Waals surface area contributed by atoms with Crippen LogP contribution in [-0.2, 0) is 0 Å². The van der Waals surface area contributed by atoms with Crippen molar-refractivity contribution < 1.29 is 9.90 Å². The zero-order chi connectivity index (χ0) is 10.8. The van der Waals surface area contributed by atoms with E-state index < -0.39 is 5.97 Å². The molecule has 0 saturated carbocycles. The zero-order valence-corrected chi connectivity index (χ0v) is 8.22. The quantitative estimate of drug-likeness (QED) is 0.840. The summed E-state index contributed by atoms with van der Waals surface area (Å²) in [5.41, 5.74) is 0.0113. The summed E-state index contributed by atoms with van der Waals surface area (Å²) in [5, 5.41) is 12.9. The van der Waals surface area contributed by atoms with Gasteiger partial charge in [-0.1, -0.05) is 11.6 Å². The first-order chi connectivity index (χ1) is 7.18. The van der Waals surface area contributed by atoms with E-state index in [9.17, 15) is 4.79 Å². The number of hydrogen-bond donors (Lipinski definition) is 1. The molecule has 0 radical (unpaired) electrons. The molecule has 0 aromatic carbocycles. The fraction of sp³-hybridized carbons (Fsp3) is 0. The van der Waals surface area contributed by atoms with E-state index in [0.29, 0.717) is 5.82 Å². The second-order valence-corrected chi connectivity index (χ2v) is 3.19. The van der Waals surface area contributed by atoms with E-state index in [4.69, 9.17) is 16.7 Å². The van der Waals surface area contributed by atoms with Gasteiger partial charge in [0.25, 0.3) is 0 Å². The predicted octanol–water partition coefficient (Wildman–Crippen LogP) is 1.62. The Hall–Kier alpha value is -1.88. The summed E-state index contributed by atoms with van der Waals surface area (Å²) in [6.07, 6.45) is 4.54. The van der Waals surface area contributed by atoms with Crippen LogP contribution in [-0.4, -0.2) is 25.8 Å². The van der Waals surface area contributed by atoms with Crippen LogP contribution in [0.25, 0.3) is 5.82 Å². The normalized spacial score (nSPS) is 10.2. The highest BCUT2D eigenvalue weighted by atomic mass is 35.5. The molecule has 76 valence electrons. The van der Waals surface area contributed by atoms with E-state index in [1.165, 1.54) is 16.9 Å². The average Bonchev–Trinajstić information content (AvgIpc) is 2.71. The van der Waals surface area contributed by atoms with Crippen LogP contribution in [0.15, 0.2) is 30.7 Å². The number of aromatic carboxylic acids is 1. The molecule has 0 atom stereocenters. The third-order valence-electron chi connectivity index (χ3n) is 1.81. The minimum absolute atomic E-state index is 0.0113. The average molecular weight is 224 g/mol. The van der Waals surface area contributed by atoms with Crippen molar-refractivity contribution in [1.29, 1.82) is 0 Å². The summed E-state index contributed by atoms with van der Waals surface area (Å²) in [5.74, 6) is -0.669. The molecule has 15 heavy (non-hydrogen) atoms. The summed E-state index contributed by atoms with van der Waals surface area (Å²) in [6.45, 7) is 0. The molecule has 5 nitrogen and oxygen atoms in total. The Morgan fingerprint density at radius 1 is 1.53 bits per heavy atom. The lowest BCUT2D eigenvalue weighted by molar-refractivity contribution is 0.0697. The molecule has 0 spiro atoms. The minimum atomic E-state index is -1.09. The number of rotatable bonds is 2. The summed E-state index contributed by atoms with van der Waals surface area (Å²) < 4.78 is 1.46. The summed E-state index contributed by atoms with van der Waals surface area (Å²) in [7, 11) is 0. The maximum absolute atomic E-state index is 10.8. The van der Waals surface area contributed by atoms with Gasteiger partial charge in [0.2, 0.25) is 0 Å². The molecule has 2 heterocycles. The van der Waals surface area contributed by atoms with Crippen molar-refractivity contribution in [3.63, 3.8) is 0 Å². The van der Waals surface area contributed by atoms with Crippen molar-refractivity contribution in [3.8, 4) is 5.82 Å². The molecule has 2 aromatic heterocycles. The van der Waals surface area contributed by atoms with Crippen LogP contribution >= 0.6 is 11.6 Å². The Morgan fingerprint density at radius 3 is 2.93 bits per heavy atom. The summed E-state index contributed by atoms with van der Waals surface area (Å²) >= 11 is 5.68. The number of carbonyl (C=O) groups is 1. The van der Waals surface area contributed by atoms with Gasteiger partial charge in [-0.3, -0.25) is 0 Å². The first-order valence-electron chi connectivity index (χ1n) is 4.07. The molecule has 0 saturated heterocycles. The molecule has 2 rings (SSSR count). The maximum atomic E-state index is 10.8. The van der Waals surface area contributed by atoms with Crippen molar-refractivity contribution in [2.24, 2.45) is 0 Å². The van der Waals surface area contributed by atoms with Gasteiger partial charge in [-0.25, -0.2) is 14.5 Å². The number of aromatic nitrogens is 3. The predicted molar refractivity (Wildman–Crippen MR) is 53.3 cm³/mol. The van der Waals surface area contributed by atoms with Gasteiger partial charge < -0.3 is 5.11 Å². The zero-order valence-electron chi connectivity index (χ0n) is 7.46. The van der Waals surface area contributed by atoms with Crippen LogP contribution in [0.1, 0.15) is 10.4 Å². The molecule has 0 aliphatic carbocycles. The van der Waals surface area contributed by atoms with E-state index in [-0.39, 0.29) is 10.6 Å². The van der Waals surface area contributed by atoms with Crippen LogP contribution in [0.5, 0.6) is 0 Å². The number of nitrogens with zero attached hydrogens (tertiary/aromatic N) is 3. The topological polar surface area (TPSA) is 68.0 Å². The molecular weight excluding hydrogens is 218 g/mol. The smallest absolute Gasteiger partial charge is 0.337 e. The minimum Gasteiger partial charge on any atom is -0.478 e. The van der Waals surface area contributed by atoms with Gasteiger partial charge in [-0.15, -0.1) is 0 Å². The largest absolute Gasteiger partial charge is 0.478 e. The lowest BCUT2D eigenvalue weighted by Crippen LogP contribution is -2.03. The Bertz CT molecular complexity index is 496. The van der Waals surface area contributed by atoms with Crippen LogP contribution in [0.2, 0.25) is 5.02 Å². The third-order valence-corrected chi connectivity index (χ3v) is 2.11. The van der Waals surface area contributed by atoms with Gasteiger partial charge in [-0.05, 0) is 12.1 Å². The van der Waals surface area contributed by atoms with Crippen molar-refractivity contribution in [2.75, 3.05) is 0 Å². The number of carboxylic acid groups (broad SMARTS) is 1. The van der Waals surface area contributed by atoms with Gasteiger partial charge in [0, 0.05) is 18.6 Å². The van der Waals surface area contributed by atoms with E-state index >= 15 is 0 Å². The molecular formula is C9H6ClN3O2.